The molecule has 0 rings (SSSR count). The van der Waals surface area contributed by atoms with Gasteiger partial charge in [-0.3, -0.25) is 0 Å². The summed E-state index contributed by atoms with van der Waals surface area (Å²) >= 11 is 0. The maximum absolute atomic E-state index is 11.7. The van der Waals surface area contributed by atoms with Crippen LogP contribution in [0.1, 0.15) is 26.2 Å². The van der Waals surface area contributed by atoms with Gasteiger partial charge in [0.2, 0.25) is 0 Å². The molecule has 0 heterocycles. The van der Waals surface area contributed by atoms with Crippen molar-refractivity contribution < 1.29 is 13.2 Å². The number of hydrogen-bond donors (Lipinski definition) is 2. The summed E-state index contributed by atoms with van der Waals surface area (Å²) in [4.78, 5) is 0. The first-order valence-corrected chi connectivity index (χ1v) is 4.46. The van der Waals surface area contributed by atoms with Gasteiger partial charge in [0.1, 0.15) is 0 Å². The lowest BCUT2D eigenvalue weighted by molar-refractivity contribution is -0.135. The van der Waals surface area contributed by atoms with Crippen LogP contribution in [0.2, 0.25) is 0 Å². The van der Waals surface area contributed by atoms with Crippen molar-refractivity contribution in [3.63, 3.8) is 0 Å². The Morgan fingerprint density at radius 1 is 1.38 bits per heavy atom. The van der Waals surface area contributed by atoms with Crippen LogP contribution in [0.3, 0.4) is 0 Å². The topological polar surface area (TPSA) is 38.0 Å². The number of halogens is 3. The summed E-state index contributed by atoms with van der Waals surface area (Å²) in [6, 6.07) is 0.117. The van der Waals surface area contributed by atoms with Gasteiger partial charge >= 0.3 is 6.18 Å². The van der Waals surface area contributed by atoms with Gasteiger partial charge in [-0.2, -0.15) is 13.2 Å². The lowest BCUT2D eigenvalue weighted by Crippen LogP contribution is -2.31. The van der Waals surface area contributed by atoms with Gasteiger partial charge in [0, 0.05) is 25.6 Å². The van der Waals surface area contributed by atoms with Crippen LogP contribution in [0, 0.1) is 0 Å². The average Bonchev–Trinajstić information content (AvgIpc) is 1.98. The molecular weight excluding hydrogens is 181 g/mol. The molecule has 0 spiro atoms. The molecule has 3 N–H and O–H groups in total. The highest BCUT2D eigenvalue weighted by molar-refractivity contribution is 4.62. The highest BCUT2D eigenvalue weighted by Crippen LogP contribution is 2.22. The average molecular weight is 198 g/mol. The van der Waals surface area contributed by atoms with Crippen LogP contribution in [-0.4, -0.2) is 25.3 Å². The molecule has 0 saturated carbocycles. The molecule has 13 heavy (non-hydrogen) atoms. The van der Waals surface area contributed by atoms with Crippen molar-refractivity contribution in [3.8, 4) is 0 Å². The Morgan fingerprint density at radius 3 is 2.46 bits per heavy atom. The van der Waals surface area contributed by atoms with E-state index >= 15 is 0 Å². The third-order valence-corrected chi connectivity index (χ3v) is 1.73. The van der Waals surface area contributed by atoms with Crippen molar-refractivity contribution >= 4 is 0 Å². The Hall–Kier alpha value is -0.290. The smallest absolute Gasteiger partial charge is 0.329 e. The van der Waals surface area contributed by atoms with Gasteiger partial charge in [-0.1, -0.05) is 0 Å². The van der Waals surface area contributed by atoms with E-state index in [9.17, 15) is 13.2 Å². The van der Waals surface area contributed by atoms with E-state index in [1.807, 2.05) is 6.92 Å². The molecule has 2 nitrogen and oxygen atoms in total. The van der Waals surface area contributed by atoms with E-state index in [4.69, 9.17) is 5.73 Å². The van der Waals surface area contributed by atoms with E-state index in [1.165, 1.54) is 0 Å². The number of nitrogens with one attached hydrogen (secondary N) is 1. The molecule has 80 valence electrons. The molecule has 0 radical (unpaired) electrons. The van der Waals surface area contributed by atoms with E-state index in [2.05, 4.69) is 5.32 Å². The monoisotopic (exact) mass is 198 g/mol. The van der Waals surface area contributed by atoms with Crippen molar-refractivity contribution in [3.05, 3.63) is 0 Å². The van der Waals surface area contributed by atoms with Crippen LogP contribution >= 0.6 is 0 Å². The number of nitrogens with two attached hydrogens (primary N) is 1. The molecule has 0 fully saturated rings. The van der Waals surface area contributed by atoms with Gasteiger partial charge in [-0.25, -0.2) is 0 Å². The number of rotatable bonds is 6. The zero-order valence-electron chi connectivity index (χ0n) is 7.82. The zero-order chi connectivity index (χ0) is 10.3. The molecule has 1 unspecified atom stereocenters. The Labute approximate surface area is 76.7 Å². The van der Waals surface area contributed by atoms with E-state index in [0.717, 1.165) is 0 Å². The van der Waals surface area contributed by atoms with Crippen molar-refractivity contribution in [2.75, 3.05) is 13.1 Å². The van der Waals surface area contributed by atoms with Crippen LogP contribution in [0.5, 0.6) is 0 Å². The van der Waals surface area contributed by atoms with Crippen LogP contribution in [0.15, 0.2) is 0 Å². The lowest BCUT2D eigenvalue weighted by Gasteiger charge is -2.13. The molecule has 0 aliphatic heterocycles. The fourth-order valence-electron chi connectivity index (χ4n) is 1.04. The van der Waals surface area contributed by atoms with Crippen molar-refractivity contribution in [2.24, 2.45) is 5.73 Å². The van der Waals surface area contributed by atoms with E-state index in [1.54, 1.807) is 0 Å². The Balaban J connectivity index is 3.31. The predicted octanol–water partition coefficient (Wildman–Crippen LogP) is 1.66. The third-order valence-electron chi connectivity index (χ3n) is 1.73. The summed E-state index contributed by atoms with van der Waals surface area (Å²) in [7, 11) is 0. The zero-order valence-corrected chi connectivity index (χ0v) is 7.82. The largest absolute Gasteiger partial charge is 0.389 e. The van der Waals surface area contributed by atoms with Crippen LogP contribution in [-0.2, 0) is 0 Å². The van der Waals surface area contributed by atoms with E-state index in [-0.39, 0.29) is 12.5 Å². The minimum atomic E-state index is -4.02. The third kappa shape index (κ3) is 9.63. The number of hydrogen-bond acceptors (Lipinski definition) is 2. The standard InChI is InChI=1S/C8H17F3N2/c1-7(13-6-5-12)3-2-4-8(9,10)11/h7,13H,2-6,12H2,1H3. The highest BCUT2D eigenvalue weighted by atomic mass is 19.4. The fraction of sp³-hybridized carbons (Fsp3) is 1.00. The van der Waals surface area contributed by atoms with Gasteiger partial charge in [0.05, 0.1) is 0 Å². The first-order valence-electron chi connectivity index (χ1n) is 4.46. The highest BCUT2D eigenvalue weighted by Gasteiger charge is 2.26. The second-order valence-electron chi connectivity index (χ2n) is 3.15. The molecule has 0 aromatic rings. The molecule has 0 aliphatic rings. The van der Waals surface area contributed by atoms with Crippen molar-refractivity contribution in [1.29, 1.82) is 0 Å². The molecule has 0 aromatic heterocycles. The summed E-state index contributed by atoms with van der Waals surface area (Å²) in [6.07, 6.45) is -3.99. The van der Waals surface area contributed by atoms with Crippen LogP contribution in [0.25, 0.3) is 0 Å². The second-order valence-corrected chi connectivity index (χ2v) is 3.15. The summed E-state index contributed by atoms with van der Waals surface area (Å²) in [5.41, 5.74) is 5.23. The first kappa shape index (κ1) is 12.7. The molecule has 0 aliphatic carbocycles. The lowest BCUT2D eigenvalue weighted by atomic mass is 10.1. The fourth-order valence-corrected chi connectivity index (χ4v) is 1.04. The first-order chi connectivity index (χ1) is 5.95. The minimum absolute atomic E-state index is 0.117. The van der Waals surface area contributed by atoms with Gasteiger partial charge in [0.15, 0.2) is 0 Å². The molecule has 0 amide bonds. The molecule has 0 aromatic carbocycles. The van der Waals surface area contributed by atoms with Crippen molar-refractivity contribution in [1.82, 2.24) is 5.32 Å². The summed E-state index contributed by atoms with van der Waals surface area (Å²) in [5, 5.41) is 3.03. The second kappa shape index (κ2) is 6.21. The molecular formula is C8H17F3N2. The van der Waals surface area contributed by atoms with Gasteiger partial charge < -0.3 is 11.1 Å². The van der Waals surface area contributed by atoms with Gasteiger partial charge in [-0.15, -0.1) is 0 Å². The molecule has 1 atom stereocenters. The maximum Gasteiger partial charge on any atom is 0.389 e. The Morgan fingerprint density at radius 2 is 2.00 bits per heavy atom. The summed E-state index contributed by atoms with van der Waals surface area (Å²) < 4.78 is 35.2. The minimum Gasteiger partial charge on any atom is -0.329 e. The molecule has 0 bridgehead atoms. The molecule has 0 saturated heterocycles. The van der Waals surface area contributed by atoms with Crippen molar-refractivity contribution in [2.45, 2.75) is 38.4 Å². The van der Waals surface area contributed by atoms with E-state index in [0.29, 0.717) is 19.5 Å². The van der Waals surface area contributed by atoms with Gasteiger partial charge in [0.25, 0.3) is 0 Å². The van der Waals surface area contributed by atoms with Crippen LogP contribution in [0.4, 0.5) is 13.2 Å². The number of alkyl halides is 3. The maximum atomic E-state index is 11.7. The Bertz CT molecular complexity index is 125. The Kier molecular flexibility index (Phi) is 6.07. The summed E-state index contributed by atoms with van der Waals surface area (Å²) in [6.45, 7) is 3.04. The van der Waals surface area contributed by atoms with E-state index < -0.39 is 12.6 Å². The predicted molar refractivity (Wildman–Crippen MR) is 46.4 cm³/mol. The normalized spacial score (nSPS) is 14.5. The van der Waals surface area contributed by atoms with Gasteiger partial charge in [-0.05, 0) is 19.8 Å². The van der Waals surface area contributed by atoms with Crippen LogP contribution < -0.4 is 11.1 Å². The SMILES string of the molecule is CC(CCCC(F)(F)F)NCCN. The summed E-state index contributed by atoms with van der Waals surface area (Å²) in [5.74, 6) is 0. The molecule has 5 heteroatoms. The quantitative estimate of drug-likeness (QED) is 0.681.